The molecule has 1 aliphatic heterocycles. The number of carbonyl (C=O) groups excluding carboxylic acids is 2. The molecule has 1 N–H and O–H groups in total. The Labute approximate surface area is 173 Å². The van der Waals surface area contributed by atoms with Crippen molar-refractivity contribution in [2.45, 2.75) is 6.42 Å². The lowest BCUT2D eigenvalue weighted by atomic mass is 10.0. The summed E-state index contributed by atoms with van der Waals surface area (Å²) in [5.74, 6) is 1.10. The second-order valence-electron chi connectivity index (χ2n) is 6.32. The van der Waals surface area contributed by atoms with Gasteiger partial charge in [-0.25, -0.2) is 0 Å². The van der Waals surface area contributed by atoms with Gasteiger partial charge in [-0.05, 0) is 47.5 Å². The van der Waals surface area contributed by atoms with E-state index in [0.717, 1.165) is 11.1 Å². The van der Waals surface area contributed by atoms with Gasteiger partial charge in [0, 0.05) is 11.9 Å². The van der Waals surface area contributed by atoms with Crippen LogP contribution in [0.2, 0.25) is 5.02 Å². The Kier molecular flexibility index (Phi) is 6.29. The number of benzene rings is 2. The quantitative estimate of drug-likeness (QED) is 0.781. The van der Waals surface area contributed by atoms with Gasteiger partial charge in [0.2, 0.25) is 11.8 Å². The van der Waals surface area contributed by atoms with Crippen LogP contribution in [0.3, 0.4) is 0 Å². The lowest BCUT2D eigenvalue weighted by molar-refractivity contribution is -0.131. The largest absolute Gasteiger partial charge is 0.495 e. The van der Waals surface area contributed by atoms with Gasteiger partial charge in [-0.15, -0.1) is 0 Å². The predicted molar refractivity (Wildman–Crippen MR) is 111 cm³/mol. The van der Waals surface area contributed by atoms with Crippen LogP contribution in [0.1, 0.15) is 11.1 Å². The zero-order valence-electron chi connectivity index (χ0n) is 16.3. The Morgan fingerprint density at radius 1 is 1.07 bits per heavy atom. The number of halogens is 1. The molecule has 2 aromatic rings. The molecule has 0 fully saturated rings. The number of amides is 2. The molecule has 0 bridgehead atoms. The zero-order valence-corrected chi connectivity index (χ0v) is 17.1. The number of nitrogens with one attached hydrogen (secondary N) is 1. The molecule has 29 heavy (non-hydrogen) atoms. The third kappa shape index (κ3) is 4.63. The second-order valence-corrected chi connectivity index (χ2v) is 6.72. The molecule has 152 valence electrons. The molecule has 8 heteroatoms. The molecule has 0 radical (unpaired) electrons. The van der Waals surface area contributed by atoms with Crippen molar-refractivity contribution in [1.29, 1.82) is 0 Å². The van der Waals surface area contributed by atoms with Gasteiger partial charge in [0.05, 0.1) is 32.8 Å². The molecular formula is C21H21ClN2O5. The third-order valence-corrected chi connectivity index (χ3v) is 4.79. The van der Waals surface area contributed by atoms with Crippen LogP contribution in [-0.4, -0.2) is 44.6 Å². The average Bonchev–Trinajstić information content (AvgIpc) is 2.85. The molecule has 0 aromatic heterocycles. The normalized spacial score (nSPS) is 12.8. The van der Waals surface area contributed by atoms with Crippen molar-refractivity contribution in [3.8, 4) is 17.2 Å². The molecule has 0 spiro atoms. The van der Waals surface area contributed by atoms with E-state index in [2.05, 4.69) is 5.32 Å². The van der Waals surface area contributed by atoms with Gasteiger partial charge < -0.3 is 24.4 Å². The molecule has 2 amide bonds. The molecule has 1 aliphatic rings. The Morgan fingerprint density at radius 3 is 2.41 bits per heavy atom. The summed E-state index contributed by atoms with van der Waals surface area (Å²) >= 11 is 6.08. The van der Waals surface area contributed by atoms with E-state index in [1.165, 1.54) is 12.0 Å². The van der Waals surface area contributed by atoms with E-state index in [1.54, 1.807) is 56.8 Å². The third-order valence-electron chi connectivity index (χ3n) is 4.49. The van der Waals surface area contributed by atoms with Gasteiger partial charge in [-0.2, -0.15) is 0 Å². The van der Waals surface area contributed by atoms with Crippen molar-refractivity contribution in [2.75, 3.05) is 33.2 Å². The molecule has 0 unspecified atom stereocenters. The van der Waals surface area contributed by atoms with Crippen LogP contribution in [0.4, 0.5) is 5.69 Å². The molecule has 1 heterocycles. The predicted octanol–water partition coefficient (Wildman–Crippen LogP) is 3.36. The summed E-state index contributed by atoms with van der Waals surface area (Å²) in [6.45, 7) is -0.124. The first-order valence-electron chi connectivity index (χ1n) is 8.81. The van der Waals surface area contributed by atoms with E-state index in [-0.39, 0.29) is 24.8 Å². The fourth-order valence-electron chi connectivity index (χ4n) is 3.00. The minimum Gasteiger partial charge on any atom is -0.495 e. The topological polar surface area (TPSA) is 77.1 Å². The van der Waals surface area contributed by atoms with Crippen molar-refractivity contribution < 1.29 is 23.8 Å². The minimum absolute atomic E-state index is 0.124. The fraction of sp³-hybridized carbons (Fsp3) is 0.238. The molecule has 0 saturated heterocycles. The van der Waals surface area contributed by atoms with Crippen LogP contribution in [0.25, 0.3) is 6.08 Å². The summed E-state index contributed by atoms with van der Waals surface area (Å²) in [5, 5.41) is 3.12. The number of nitrogens with zero attached hydrogens (tertiary/aromatic N) is 1. The molecule has 3 rings (SSSR count). The summed E-state index contributed by atoms with van der Waals surface area (Å²) in [4.78, 5) is 26.4. The SMILES string of the molecule is COc1ccc(NC(=O)CN2C=Cc3cc(OC)c(OC)cc3CC2=O)cc1Cl. The van der Waals surface area contributed by atoms with Crippen LogP contribution in [0.15, 0.2) is 36.5 Å². The van der Waals surface area contributed by atoms with E-state index in [0.29, 0.717) is 28.0 Å². The zero-order chi connectivity index (χ0) is 21.0. The highest BCUT2D eigenvalue weighted by Crippen LogP contribution is 2.33. The van der Waals surface area contributed by atoms with E-state index < -0.39 is 0 Å². The summed E-state index contributed by atoms with van der Waals surface area (Å²) in [7, 11) is 4.61. The van der Waals surface area contributed by atoms with E-state index in [9.17, 15) is 9.59 Å². The second kappa shape index (κ2) is 8.87. The highest BCUT2D eigenvalue weighted by molar-refractivity contribution is 6.32. The van der Waals surface area contributed by atoms with Gasteiger partial charge in [-0.3, -0.25) is 9.59 Å². The first kappa shape index (κ1) is 20.5. The molecule has 0 aliphatic carbocycles. The summed E-state index contributed by atoms with van der Waals surface area (Å²) in [5.41, 5.74) is 2.15. The maximum absolute atomic E-state index is 12.6. The van der Waals surface area contributed by atoms with Gasteiger partial charge in [0.15, 0.2) is 11.5 Å². The molecule has 0 atom stereocenters. The summed E-state index contributed by atoms with van der Waals surface area (Å²) in [6, 6.07) is 8.51. The number of methoxy groups -OCH3 is 3. The highest BCUT2D eigenvalue weighted by atomic mass is 35.5. The number of anilines is 1. The van der Waals surface area contributed by atoms with Crippen LogP contribution in [0.5, 0.6) is 17.2 Å². The first-order chi connectivity index (χ1) is 13.9. The van der Waals surface area contributed by atoms with Crippen LogP contribution >= 0.6 is 11.6 Å². The maximum atomic E-state index is 12.6. The molecule has 2 aromatic carbocycles. The molecular weight excluding hydrogens is 396 g/mol. The number of hydrogen-bond acceptors (Lipinski definition) is 5. The lowest BCUT2D eigenvalue weighted by Gasteiger charge is -2.17. The smallest absolute Gasteiger partial charge is 0.244 e. The lowest BCUT2D eigenvalue weighted by Crippen LogP contribution is -2.34. The first-order valence-corrected chi connectivity index (χ1v) is 9.19. The summed E-state index contributed by atoms with van der Waals surface area (Å²) < 4.78 is 15.7. The van der Waals surface area contributed by atoms with E-state index >= 15 is 0 Å². The highest BCUT2D eigenvalue weighted by Gasteiger charge is 2.21. The fourth-order valence-corrected chi connectivity index (χ4v) is 3.26. The van der Waals surface area contributed by atoms with Crippen molar-refractivity contribution in [3.63, 3.8) is 0 Å². The average molecular weight is 417 g/mol. The Bertz CT molecular complexity index is 974. The standard InChI is InChI=1S/C21H21ClN2O5/c1-27-17-5-4-15(11-16(17)22)23-20(25)12-24-7-6-13-8-18(28-2)19(29-3)9-14(13)10-21(24)26/h4-9,11H,10,12H2,1-3H3,(H,23,25). The van der Waals surface area contributed by atoms with Crippen molar-refractivity contribution >= 4 is 35.2 Å². The van der Waals surface area contributed by atoms with Gasteiger partial charge in [-0.1, -0.05) is 11.6 Å². The van der Waals surface area contributed by atoms with Gasteiger partial charge >= 0.3 is 0 Å². The maximum Gasteiger partial charge on any atom is 0.244 e. The van der Waals surface area contributed by atoms with Crippen LogP contribution in [-0.2, 0) is 16.0 Å². The molecule has 7 nitrogen and oxygen atoms in total. The summed E-state index contributed by atoms with van der Waals surface area (Å²) in [6.07, 6.45) is 3.52. The number of ether oxygens (including phenoxy) is 3. The van der Waals surface area contributed by atoms with Crippen molar-refractivity contribution in [3.05, 3.63) is 52.7 Å². The molecule has 0 saturated carbocycles. The Hall–Kier alpha value is -3.19. The Morgan fingerprint density at radius 2 is 1.76 bits per heavy atom. The van der Waals surface area contributed by atoms with Gasteiger partial charge in [0.1, 0.15) is 12.3 Å². The minimum atomic E-state index is -0.342. The van der Waals surface area contributed by atoms with E-state index in [1.807, 2.05) is 0 Å². The monoisotopic (exact) mass is 416 g/mol. The number of hydrogen-bond donors (Lipinski definition) is 1. The number of rotatable bonds is 6. The van der Waals surface area contributed by atoms with Crippen LogP contribution < -0.4 is 19.5 Å². The number of carbonyl (C=O) groups is 2. The van der Waals surface area contributed by atoms with Gasteiger partial charge in [0.25, 0.3) is 0 Å². The van der Waals surface area contributed by atoms with Crippen molar-refractivity contribution in [1.82, 2.24) is 4.90 Å². The Balaban J connectivity index is 1.72. The van der Waals surface area contributed by atoms with E-state index in [4.69, 9.17) is 25.8 Å². The number of fused-ring (bicyclic) bond motifs is 1. The van der Waals surface area contributed by atoms with Crippen molar-refractivity contribution in [2.24, 2.45) is 0 Å². The van der Waals surface area contributed by atoms with Crippen LogP contribution in [0, 0.1) is 0 Å².